The van der Waals surface area contributed by atoms with Crippen LogP contribution in [0.25, 0.3) is 0 Å². The van der Waals surface area contributed by atoms with Gasteiger partial charge < -0.3 is 14.8 Å². The second kappa shape index (κ2) is 9.17. The SMILES string of the molecule is CC(=O)c1ccccc1NC(=O)[C@H](C)OC(=O)COc1c(C)cc(C)cc1C. The molecule has 2 aromatic carbocycles. The van der Waals surface area contributed by atoms with E-state index in [2.05, 4.69) is 5.32 Å². The molecule has 148 valence electrons. The molecule has 2 rings (SSSR count). The maximum absolute atomic E-state index is 12.3. The molecule has 0 radical (unpaired) electrons. The molecule has 6 heteroatoms. The van der Waals surface area contributed by atoms with E-state index in [-0.39, 0.29) is 12.4 Å². The molecule has 0 aromatic heterocycles. The lowest BCUT2D eigenvalue weighted by molar-refractivity contribution is -0.155. The zero-order valence-electron chi connectivity index (χ0n) is 16.8. The van der Waals surface area contributed by atoms with Crippen molar-refractivity contribution in [3.8, 4) is 5.75 Å². The van der Waals surface area contributed by atoms with Gasteiger partial charge in [0.25, 0.3) is 5.91 Å². The van der Waals surface area contributed by atoms with Gasteiger partial charge in [-0.2, -0.15) is 0 Å². The minimum absolute atomic E-state index is 0.169. The number of para-hydroxylation sites is 1. The molecule has 0 aliphatic carbocycles. The molecule has 0 unspecified atom stereocenters. The second-order valence-corrected chi connectivity index (χ2v) is 6.74. The molecule has 0 bridgehead atoms. The summed E-state index contributed by atoms with van der Waals surface area (Å²) in [5.74, 6) is -0.709. The van der Waals surface area contributed by atoms with Crippen LogP contribution in [0.2, 0.25) is 0 Å². The topological polar surface area (TPSA) is 81.7 Å². The molecular weight excluding hydrogens is 358 g/mol. The highest BCUT2D eigenvalue weighted by molar-refractivity contribution is 6.04. The lowest BCUT2D eigenvalue weighted by Gasteiger charge is -2.16. The van der Waals surface area contributed by atoms with Crippen molar-refractivity contribution in [2.24, 2.45) is 0 Å². The van der Waals surface area contributed by atoms with Crippen molar-refractivity contribution in [1.29, 1.82) is 0 Å². The first kappa shape index (κ1) is 21.2. The highest BCUT2D eigenvalue weighted by Gasteiger charge is 2.20. The number of aryl methyl sites for hydroxylation is 3. The van der Waals surface area contributed by atoms with E-state index in [1.807, 2.05) is 32.9 Å². The van der Waals surface area contributed by atoms with E-state index in [9.17, 15) is 14.4 Å². The lowest BCUT2D eigenvalue weighted by Crippen LogP contribution is -2.32. The first-order chi connectivity index (χ1) is 13.2. The number of ether oxygens (including phenoxy) is 2. The van der Waals surface area contributed by atoms with Gasteiger partial charge in [-0.15, -0.1) is 0 Å². The van der Waals surface area contributed by atoms with Crippen LogP contribution in [0.5, 0.6) is 5.75 Å². The zero-order valence-corrected chi connectivity index (χ0v) is 16.8. The van der Waals surface area contributed by atoms with E-state index in [1.54, 1.807) is 24.3 Å². The maximum atomic E-state index is 12.3. The number of carbonyl (C=O) groups excluding carboxylic acids is 3. The monoisotopic (exact) mass is 383 g/mol. The van der Waals surface area contributed by atoms with E-state index in [0.29, 0.717) is 17.0 Å². The Bertz CT molecular complexity index is 881. The van der Waals surface area contributed by atoms with E-state index in [1.165, 1.54) is 13.8 Å². The number of amides is 1. The van der Waals surface area contributed by atoms with Crippen LogP contribution in [0.15, 0.2) is 36.4 Å². The van der Waals surface area contributed by atoms with Gasteiger partial charge in [-0.3, -0.25) is 9.59 Å². The molecule has 1 atom stereocenters. The summed E-state index contributed by atoms with van der Waals surface area (Å²) < 4.78 is 10.7. The van der Waals surface area contributed by atoms with Crippen molar-refractivity contribution in [2.45, 2.75) is 40.7 Å². The summed E-state index contributed by atoms with van der Waals surface area (Å²) in [7, 11) is 0. The van der Waals surface area contributed by atoms with Crippen LogP contribution in [-0.4, -0.2) is 30.4 Å². The standard InChI is InChI=1S/C22H25NO5/c1-13-10-14(2)21(15(3)11-13)27-12-20(25)28-17(5)22(26)23-19-9-7-6-8-18(19)16(4)24/h6-11,17H,12H2,1-5H3,(H,23,26)/t17-/m0/s1. The fraction of sp³-hybridized carbons (Fsp3) is 0.318. The minimum atomic E-state index is -1.03. The molecule has 6 nitrogen and oxygen atoms in total. The highest BCUT2D eigenvalue weighted by Crippen LogP contribution is 2.24. The van der Waals surface area contributed by atoms with Crippen LogP contribution < -0.4 is 10.1 Å². The van der Waals surface area contributed by atoms with Crippen LogP contribution in [0.4, 0.5) is 5.69 Å². The molecule has 0 heterocycles. The third-order valence-corrected chi connectivity index (χ3v) is 4.18. The molecule has 0 aliphatic heterocycles. The fourth-order valence-electron chi connectivity index (χ4n) is 2.94. The third kappa shape index (κ3) is 5.42. The molecule has 1 amide bonds. The van der Waals surface area contributed by atoms with E-state index >= 15 is 0 Å². The molecule has 2 aromatic rings. The van der Waals surface area contributed by atoms with Gasteiger partial charge in [-0.05, 0) is 57.9 Å². The number of ketones is 1. The van der Waals surface area contributed by atoms with Gasteiger partial charge in [0.05, 0.1) is 5.69 Å². The number of anilines is 1. The molecule has 0 spiro atoms. The Morgan fingerprint density at radius 3 is 2.25 bits per heavy atom. The normalized spacial score (nSPS) is 11.5. The quantitative estimate of drug-likeness (QED) is 0.581. The van der Waals surface area contributed by atoms with Crippen LogP contribution >= 0.6 is 0 Å². The van der Waals surface area contributed by atoms with Crippen molar-refractivity contribution in [2.75, 3.05) is 11.9 Å². The fourth-order valence-corrected chi connectivity index (χ4v) is 2.94. The summed E-state index contributed by atoms with van der Waals surface area (Å²) in [4.78, 5) is 36.0. The summed E-state index contributed by atoms with van der Waals surface area (Å²) in [6, 6.07) is 10.6. The third-order valence-electron chi connectivity index (χ3n) is 4.18. The average molecular weight is 383 g/mol. The van der Waals surface area contributed by atoms with Gasteiger partial charge in [-0.25, -0.2) is 4.79 Å². The average Bonchev–Trinajstić information content (AvgIpc) is 2.60. The smallest absolute Gasteiger partial charge is 0.344 e. The second-order valence-electron chi connectivity index (χ2n) is 6.74. The Kier molecular flexibility index (Phi) is 6.93. The van der Waals surface area contributed by atoms with Crippen molar-refractivity contribution < 1.29 is 23.9 Å². The Hall–Kier alpha value is -3.15. The first-order valence-electron chi connectivity index (χ1n) is 9.00. The van der Waals surface area contributed by atoms with Crippen molar-refractivity contribution in [3.63, 3.8) is 0 Å². The summed E-state index contributed by atoms with van der Waals surface area (Å²) in [6.45, 7) is 8.38. The van der Waals surface area contributed by atoms with E-state index in [0.717, 1.165) is 16.7 Å². The predicted molar refractivity (Wildman–Crippen MR) is 107 cm³/mol. The van der Waals surface area contributed by atoms with Gasteiger partial charge >= 0.3 is 5.97 Å². The van der Waals surface area contributed by atoms with Crippen LogP contribution in [0.1, 0.15) is 40.9 Å². The molecule has 0 aliphatic rings. The predicted octanol–water partition coefficient (Wildman–Crippen LogP) is 3.76. The Morgan fingerprint density at radius 1 is 1.04 bits per heavy atom. The number of hydrogen-bond donors (Lipinski definition) is 1. The molecule has 0 saturated carbocycles. The van der Waals surface area contributed by atoms with Crippen LogP contribution in [0.3, 0.4) is 0 Å². The van der Waals surface area contributed by atoms with Gasteiger partial charge in [0.2, 0.25) is 0 Å². The number of carbonyl (C=O) groups is 3. The number of benzene rings is 2. The van der Waals surface area contributed by atoms with Crippen LogP contribution in [0, 0.1) is 20.8 Å². The largest absolute Gasteiger partial charge is 0.481 e. The molecule has 0 saturated heterocycles. The summed E-state index contributed by atoms with van der Waals surface area (Å²) in [6.07, 6.45) is -1.03. The van der Waals surface area contributed by atoms with Crippen molar-refractivity contribution in [3.05, 3.63) is 58.7 Å². The lowest BCUT2D eigenvalue weighted by atomic mass is 10.1. The Morgan fingerprint density at radius 2 is 1.64 bits per heavy atom. The number of esters is 1. The summed E-state index contributed by atoms with van der Waals surface area (Å²) in [5, 5.41) is 2.62. The van der Waals surface area contributed by atoms with Crippen molar-refractivity contribution in [1.82, 2.24) is 0 Å². The number of nitrogens with one attached hydrogen (secondary N) is 1. The van der Waals surface area contributed by atoms with Gasteiger partial charge in [-0.1, -0.05) is 29.8 Å². The van der Waals surface area contributed by atoms with E-state index < -0.39 is 18.0 Å². The Labute approximate surface area is 164 Å². The number of Topliss-reactive ketones (excluding diaryl/α,β-unsaturated/α-hetero) is 1. The van der Waals surface area contributed by atoms with Crippen LogP contribution in [-0.2, 0) is 14.3 Å². The molecular formula is C22H25NO5. The first-order valence-corrected chi connectivity index (χ1v) is 9.00. The number of hydrogen-bond acceptors (Lipinski definition) is 5. The number of rotatable bonds is 7. The summed E-state index contributed by atoms with van der Waals surface area (Å²) in [5.41, 5.74) is 3.74. The maximum Gasteiger partial charge on any atom is 0.344 e. The molecule has 1 N–H and O–H groups in total. The highest BCUT2D eigenvalue weighted by atomic mass is 16.6. The van der Waals surface area contributed by atoms with Gasteiger partial charge in [0, 0.05) is 5.56 Å². The van der Waals surface area contributed by atoms with Gasteiger partial charge in [0.15, 0.2) is 18.5 Å². The van der Waals surface area contributed by atoms with Gasteiger partial charge in [0.1, 0.15) is 5.75 Å². The van der Waals surface area contributed by atoms with Crippen molar-refractivity contribution >= 4 is 23.3 Å². The molecule has 28 heavy (non-hydrogen) atoms. The van der Waals surface area contributed by atoms with E-state index in [4.69, 9.17) is 9.47 Å². The molecule has 0 fully saturated rings. The minimum Gasteiger partial charge on any atom is -0.481 e. The zero-order chi connectivity index (χ0) is 20.8. The summed E-state index contributed by atoms with van der Waals surface area (Å²) >= 11 is 0. The Balaban J connectivity index is 1.94.